The van der Waals surface area contributed by atoms with Gasteiger partial charge in [-0.15, -0.1) is 0 Å². The van der Waals surface area contributed by atoms with E-state index < -0.39 is 16.8 Å². The highest BCUT2D eigenvalue weighted by molar-refractivity contribution is 6.15. The number of methoxy groups -OCH3 is 2. The van der Waals surface area contributed by atoms with Crippen molar-refractivity contribution in [1.82, 2.24) is 5.32 Å². The average molecular weight is 487 g/mol. The minimum Gasteiger partial charge on any atom is -0.496 e. The third kappa shape index (κ3) is 3.23. The van der Waals surface area contributed by atoms with Gasteiger partial charge in [-0.05, 0) is 48.5 Å². The van der Waals surface area contributed by atoms with Crippen molar-refractivity contribution in [3.8, 4) is 11.5 Å². The molecule has 186 valence electrons. The van der Waals surface area contributed by atoms with Crippen molar-refractivity contribution >= 4 is 17.6 Å². The number of likely N-dealkylation sites (N-methyl/N-ethyl adjacent to an activating group) is 1. The first kappa shape index (κ1) is 23.9. The normalized spacial score (nSPS) is 18.6. The summed E-state index contributed by atoms with van der Waals surface area (Å²) in [5.41, 5.74) is 3.33. The molecule has 1 heterocycles. The Morgan fingerprint density at radius 1 is 0.944 bits per heavy atom. The third-order valence-corrected chi connectivity index (χ3v) is 7.47. The minimum absolute atomic E-state index is 0.250. The average Bonchev–Trinajstić information content (AvgIpc) is 3.19. The van der Waals surface area contributed by atoms with Crippen LogP contribution in [0.2, 0.25) is 0 Å². The SMILES string of the molecule is CNCCOc1ccc2cc1C1(C(=O)Nc3c(C(=O)OC)cccc31)c1ccc(OC)c(c1)C2(C)C. The summed E-state index contributed by atoms with van der Waals surface area (Å²) >= 11 is 0. The van der Waals surface area contributed by atoms with Gasteiger partial charge >= 0.3 is 5.97 Å². The molecule has 0 radical (unpaired) electrons. The molecule has 1 amide bonds. The largest absolute Gasteiger partial charge is 0.496 e. The Morgan fingerprint density at radius 2 is 1.67 bits per heavy atom. The summed E-state index contributed by atoms with van der Waals surface area (Å²) in [4.78, 5) is 26.8. The number of nitrogens with one attached hydrogen (secondary N) is 2. The van der Waals surface area contributed by atoms with Crippen LogP contribution in [-0.4, -0.2) is 46.3 Å². The van der Waals surface area contributed by atoms with Crippen LogP contribution in [0.25, 0.3) is 0 Å². The maximum atomic E-state index is 14.2. The number of hydrogen-bond donors (Lipinski definition) is 2. The molecule has 5 rings (SSSR count). The van der Waals surface area contributed by atoms with Gasteiger partial charge in [-0.1, -0.05) is 38.1 Å². The van der Waals surface area contributed by atoms with Crippen molar-refractivity contribution in [1.29, 1.82) is 0 Å². The van der Waals surface area contributed by atoms with Crippen LogP contribution in [-0.2, 0) is 20.4 Å². The Bertz CT molecular complexity index is 1380. The molecule has 2 N–H and O–H groups in total. The number of ether oxygens (including phenoxy) is 3. The number of carbonyl (C=O) groups is 2. The molecule has 1 spiro atoms. The first-order valence-corrected chi connectivity index (χ1v) is 11.9. The monoisotopic (exact) mass is 486 g/mol. The van der Waals surface area contributed by atoms with Gasteiger partial charge in [-0.3, -0.25) is 4.79 Å². The number of anilines is 1. The van der Waals surface area contributed by atoms with Crippen molar-refractivity contribution < 1.29 is 23.8 Å². The Balaban J connectivity index is 1.88. The molecule has 7 nitrogen and oxygen atoms in total. The molecular weight excluding hydrogens is 456 g/mol. The molecule has 0 saturated heterocycles. The Labute approximate surface area is 210 Å². The smallest absolute Gasteiger partial charge is 0.339 e. The lowest BCUT2D eigenvalue weighted by Crippen LogP contribution is -2.39. The summed E-state index contributed by atoms with van der Waals surface area (Å²) in [7, 11) is 4.85. The van der Waals surface area contributed by atoms with Gasteiger partial charge in [0.25, 0.3) is 0 Å². The number of carbonyl (C=O) groups excluding carboxylic acids is 2. The second-order valence-corrected chi connectivity index (χ2v) is 9.63. The second-order valence-electron chi connectivity index (χ2n) is 9.63. The van der Waals surface area contributed by atoms with Crippen molar-refractivity contribution in [3.63, 3.8) is 0 Å². The van der Waals surface area contributed by atoms with E-state index in [1.165, 1.54) is 7.11 Å². The lowest BCUT2D eigenvalue weighted by atomic mass is 9.64. The lowest BCUT2D eigenvalue weighted by Gasteiger charge is -2.37. The number of benzene rings is 3. The fourth-order valence-electron chi connectivity index (χ4n) is 5.50. The Kier molecular flexibility index (Phi) is 5.75. The van der Waals surface area contributed by atoms with Crippen molar-refractivity contribution in [2.75, 3.05) is 39.7 Å². The van der Waals surface area contributed by atoms with Crippen LogP contribution in [0.15, 0.2) is 54.6 Å². The van der Waals surface area contributed by atoms with E-state index in [1.807, 2.05) is 37.4 Å². The van der Waals surface area contributed by atoms with Crippen LogP contribution < -0.4 is 20.1 Å². The standard InChI is InChI=1S/C29H30N2O5/c1-28(2)17-9-12-24(36-14-13-30-3)22(15-17)29(18-10-11-23(34-4)21(28)16-18)20-8-6-7-19(26(32)35-5)25(20)31-27(29)33/h6-12,15-16,30H,13-14H2,1-5H3,(H,31,33). The summed E-state index contributed by atoms with van der Waals surface area (Å²) < 4.78 is 17.0. The van der Waals surface area contributed by atoms with Gasteiger partial charge in [0.1, 0.15) is 23.5 Å². The van der Waals surface area contributed by atoms with Crippen LogP contribution in [0.4, 0.5) is 5.69 Å². The molecule has 3 aromatic rings. The van der Waals surface area contributed by atoms with Gasteiger partial charge in [-0.2, -0.15) is 0 Å². The molecule has 4 bridgehead atoms. The molecule has 0 saturated carbocycles. The molecule has 3 aromatic carbocycles. The molecule has 1 unspecified atom stereocenters. The molecule has 0 aromatic heterocycles. The molecule has 1 aliphatic heterocycles. The van der Waals surface area contributed by atoms with Gasteiger partial charge in [0.05, 0.1) is 25.5 Å². The topological polar surface area (TPSA) is 85.9 Å². The van der Waals surface area contributed by atoms with E-state index in [-0.39, 0.29) is 5.91 Å². The van der Waals surface area contributed by atoms with Gasteiger partial charge in [-0.25, -0.2) is 4.79 Å². The highest BCUT2D eigenvalue weighted by Gasteiger charge is 2.54. The first-order chi connectivity index (χ1) is 17.3. The number of rotatable bonds is 6. The highest BCUT2D eigenvalue weighted by atomic mass is 16.5. The van der Waals surface area contributed by atoms with E-state index in [1.54, 1.807) is 19.2 Å². The molecule has 1 aliphatic carbocycles. The zero-order valence-corrected chi connectivity index (χ0v) is 21.2. The van der Waals surface area contributed by atoms with Crippen LogP contribution in [0, 0.1) is 0 Å². The number of fused-ring (bicyclic) bond motifs is 8. The number of amides is 1. The van der Waals surface area contributed by atoms with Gasteiger partial charge < -0.3 is 24.8 Å². The van der Waals surface area contributed by atoms with Crippen molar-refractivity contribution in [2.45, 2.75) is 24.7 Å². The zero-order valence-electron chi connectivity index (χ0n) is 21.2. The quantitative estimate of drug-likeness (QED) is 0.405. The van der Waals surface area contributed by atoms with E-state index in [2.05, 4.69) is 36.6 Å². The lowest BCUT2D eigenvalue weighted by molar-refractivity contribution is -0.118. The summed E-state index contributed by atoms with van der Waals surface area (Å²) in [6, 6.07) is 17.3. The van der Waals surface area contributed by atoms with E-state index in [0.717, 1.165) is 28.0 Å². The molecule has 2 aliphatic rings. The predicted octanol–water partition coefficient (Wildman–Crippen LogP) is 4.01. The van der Waals surface area contributed by atoms with Gasteiger partial charge in [0.2, 0.25) is 5.91 Å². The molecule has 36 heavy (non-hydrogen) atoms. The number of para-hydroxylation sites is 1. The summed E-state index contributed by atoms with van der Waals surface area (Å²) in [5.74, 6) is 0.611. The number of hydrogen-bond acceptors (Lipinski definition) is 6. The van der Waals surface area contributed by atoms with Crippen LogP contribution >= 0.6 is 0 Å². The zero-order chi connectivity index (χ0) is 25.7. The molecule has 1 atom stereocenters. The fraction of sp³-hybridized carbons (Fsp3) is 0.310. The van der Waals surface area contributed by atoms with Crippen molar-refractivity contribution in [3.05, 3.63) is 88.0 Å². The first-order valence-electron chi connectivity index (χ1n) is 11.9. The van der Waals surface area contributed by atoms with Crippen LogP contribution in [0.5, 0.6) is 11.5 Å². The Morgan fingerprint density at radius 3 is 2.39 bits per heavy atom. The maximum Gasteiger partial charge on any atom is 0.339 e. The van der Waals surface area contributed by atoms with Gasteiger partial charge in [0, 0.05) is 28.7 Å². The van der Waals surface area contributed by atoms with E-state index in [9.17, 15) is 9.59 Å². The summed E-state index contributed by atoms with van der Waals surface area (Å²) in [6.07, 6.45) is 0. The van der Waals surface area contributed by atoms with E-state index >= 15 is 0 Å². The minimum atomic E-state index is -1.23. The number of esters is 1. The Hall–Kier alpha value is -3.84. The summed E-state index contributed by atoms with van der Waals surface area (Å²) in [5, 5.41) is 6.11. The van der Waals surface area contributed by atoms with Gasteiger partial charge in [0.15, 0.2) is 0 Å². The van der Waals surface area contributed by atoms with E-state index in [0.29, 0.717) is 35.7 Å². The van der Waals surface area contributed by atoms with Crippen molar-refractivity contribution in [2.24, 2.45) is 0 Å². The highest BCUT2D eigenvalue weighted by Crippen LogP contribution is 2.55. The van der Waals surface area contributed by atoms with Crippen LogP contribution in [0.3, 0.4) is 0 Å². The third-order valence-electron chi connectivity index (χ3n) is 7.47. The fourth-order valence-corrected chi connectivity index (χ4v) is 5.50. The van der Waals surface area contributed by atoms with E-state index in [4.69, 9.17) is 14.2 Å². The summed E-state index contributed by atoms with van der Waals surface area (Å²) in [6.45, 7) is 5.38. The molecule has 7 heteroatoms. The maximum absolute atomic E-state index is 14.2. The second kappa shape index (κ2) is 8.68. The van der Waals surface area contributed by atoms with Crippen LogP contribution in [0.1, 0.15) is 52.0 Å². The molecule has 0 fully saturated rings. The predicted molar refractivity (Wildman–Crippen MR) is 137 cm³/mol. The molecular formula is C29H30N2O5.